The summed E-state index contributed by atoms with van der Waals surface area (Å²) in [5.74, 6) is -0.408. The first-order chi connectivity index (χ1) is 12.0. The highest BCUT2D eigenvalue weighted by molar-refractivity contribution is 7.89. The van der Waals surface area contributed by atoms with Gasteiger partial charge in [-0.2, -0.15) is 0 Å². The lowest BCUT2D eigenvalue weighted by Gasteiger charge is -2.14. The van der Waals surface area contributed by atoms with Gasteiger partial charge in [-0.05, 0) is 37.5 Å². The van der Waals surface area contributed by atoms with Crippen molar-refractivity contribution in [2.75, 3.05) is 12.3 Å². The molecule has 0 fully saturated rings. The Labute approximate surface area is 149 Å². The predicted octanol–water partition coefficient (Wildman–Crippen LogP) is 2.36. The van der Waals surface area contributed by atoms with E-state index in [9.17, 15) is 13.2 Å². The molecule has 0 saturated carbocycles. The van der Waals surface area contributed by atoms with Crippen molar-refractivity contribution in [3.05, 3.63) is 71.8 Å². The molecular formula is C19H24N2O3S. The van der Waals surface area contributed by atoms with Crippen molar-refractivity contribution >= 4 is 15.9 Å². The highest BCUT2D eigenvalue weighted by atomic mass is 32.2. The van der Waals surface area contributed by atoms with Gasteiger partial charge in [-0.3, -0.25) is 4.79 Å². The normalized spacial score (nSPS) is 12.5. The Bertz CT molecular complexity index is 762. The maximum atomic E-state index is 12.1. The lowest BCUT2D eigenvalue weighted by atomic mass is 10.1. The number of amides is 1. The molecule has 1 amide bonds. The predicted molar refractivity (Wildman–Crippen MR) is 99.9 cm³/mol. The summed E-state index contributed by atoms with van der Waals surface area (Å²) in [5, 5.41) is 2.63. The van der Waals surface area contributed by atoms with Crippen molar-refractivity contribution in [3.63, 3.8) is 0 Å². The van der Waals surface area contributed by atoms with E-state index in [2.05, 4.69) is 10.0 Å². The summed E-state index contributed by atoms with van der Waals surface area (Å²) in [6.07, 6.45) is 1.54. The summed E-state index contributed by atoms with van der Waals surface area (Å²) in [4.78, 5) is 11.9. The van der Waals surface area contributed by atoms with Crippen molar-refractivity contribution in [2.45, 2.75) is 25.8 Å². The van der Waals surface area contributed by atoms with Gasteiger partial charge >= 0.3 is 0 Å². The van der Waals surface area contributed by atoms with E-state index in [4.69, 9.17) is 0 Å². The van der Waals surface area contributed by atoms with Crippen LogP contribution < -0.4 is 10.0 Å². The van der Waals surface area contributed by atoms with E-state index in [-0.39, 0.29) is 24.2 Å². The number of carbonyl (C=O) groups is 1. The molecule has 5 nitrogen and oxygen atoms in total. The van der Waals surface area contributed by atoms with Crippen molar-refractivity contribution in [1.29, 1.82) is 0 Å². The second-order valence-electron chi connectivity index (χ2n) is 5.98. The van der Waals surface area contributed by atoms with E-state index in [1.807, 2.05) is 43.3 Å². The maximum absolute atomic E-state index is 12.1. The minimum atomic E-state index is -3.43. The average Bonchev–Trinajstić information content (AvgIpc) is 2.61. The molecule has 6 heteroatoms. The Hall–Kier alpha value is -2.18. The molecule has 2 aromatic rings. The van der Waals surface area contributed by atoms with Crippen LogP contribution in [0, 0.1) is 0 Å². The van der Waals surface area contributed by atoms with Gasteiger partial charge in [0.2, 0.25) is 10.0 Å². The van der Waals surface area contributed by atoms with Crippen molar-refractivity contribution in [1.82, 2.24) is 10.0 Å². The van der Waals surface area contributed by atoms with E-state index >= 15 is 0 Å². The summed E-state index contributed by atoms with van der Waals surface area (Å²) in [6, 6.07) is 18.5. The van der Waals surface area contributed by atoms with E-state index in [1.54, 1.807) is 24.3 Å². The standard InChI is InChI=1S/C19H24N2O3S/c1-16(12-13-17-8-4-2-5-9-17)21-25(23,24)15-14-20-19(22)18-10-6-3-7-11-18/h2-11,16,21H,12-15H2,1H3,(H,20,22)/t16-/m0/s1. The molecule has 0 radical (unpaired) electrons. The molecule has 0 unspecified atom stereocenters. The topological polar surface area (TPSA) is 75.3 Å². The zero-order valence-electron chi connectivity index (χ0n) is 14.3. The average molecular weight is 360 g/mol. The van der Waals surface area contributed by atoms with Gasteiger partial charge in [0.25, 0.3) is 5.91 Å². The lowest BCUT2D eigenvalue weighted by Crippen LogP contribution is -2.38. The van der Waals surface area contributed by atoms with Gasteiger partial charge in [0.15, 0.2) is 0 Å². The molecule has 25 heavy (non-hydrogen) atoms. The first kappa shape index (κ1) is 19.1. The molecule has 2 aromatic carbocycles. The molecule has 0 heterocycles. The number of hydrogen-bond acceptors (Lipinski definition) is 3. The quantitative estimate of drug-likeness (QED) is 0.721. The van der Waals surface area contributed by atoms with E-state index in [1.165, 1.54) is 5.56 Å². The van der Waals surface area contributed by atoms with Crippen LogP contribution in [0.2, 0.25) is 0 Å². The number of nitrogens with one attached hydrogen (secondary N) is 2. The molecular weight excluding hydrogens is 336 g/mol. The summed E-state index contributed by atoms with van der Waals surface area (Å²) in [5.41, 5.74) is 1.70. The SMILES string of the molecule is C[C@@H](CCc1ccccc1)NS(=O)(=O)CCNC(=O)c1ccccc1. The number of hydrogen-bond donors (Lipinski definition) is 2. The summed E-state index contributed by atoms with van der Waals surface area (Å²) < 4.78 is 26.9. The molecule has 0 aliphatic heterocycles. The Morgan fingerprint density at radius 3 is 2.24 bits per heavy atom. The molecule has 2 rings (SSSR count). The maximum Gasteiger partial charge on any atom is 0.251 e. The fraction of sp³-hybridized carbons (Fsp3) is 0.316. The molecule has 0 aliphatic rings. The van der Waals surface area contributed by atoms with E-state index in [0.717, 1.165) is 12.8 Å². The highest BCUT2D eigenvalue weighted by Gasteiger charge is 2.15. The summed E-state index contributed by atoms with van der Waals surface area (Å²) in [7, 11) is -3.43. The van der Waals surface area contributed by atoms with Crippen molar-refractivity contribution < 1.29 is 13.2 Å². The van der Waals surface area contributed by atoms with Crippen LogP contribution in [0.3, 0.4) is 0 Å². The number of aryl methyl sites for hydroxylation is 1. The number of carbonyl (C=O) groups excluding carboxylic acids is 1. The van der Waals surface area contributed by atoms with Crippen molar-refractivity contribution in [2.24, 2.45) is 0 Å². The second-order valence-corrected chi connectivity index (χ2v) is 7.86. The second kappa shape index (κ2) is 9.34. The van der Waals surface area contributed by atoms with Crippen LogP contribution in [0.5, 0.6) is 0 Å². The minimum Gasteiger partial charge on any atom is -0.351 e. The van der Waals surface area contributed by atoms with Crippen LogP contribution in [0.4, 0.5) is 0 Å². The molecule has 1 atom stereocenters. The Morgan fingerprint density at radius 2 is 1.60 bits per heavy atom. The highest BCUT2D eigenvalue weighted by Crippen LogP contribution is 2.05. The van der Waals surface area contributed by atoms with Gasteiger partial charge < -0.3 is 5.32 Å². The first-order valence-corrected chi connectivity index (χ1v) is 9.99. The van der Waals surface area contributed by atoms with Gasteiger partial charge in [0.05, 0.1) is 5.75 Å². The van der Waals surface area contributed by atoms with Gasteiger partial charge in [-0.25, -0.2) is 13.1 Å². The van der Waals surface area contributed by atoms with E-state index in [0.29, 0.717) is 5.56 Å². The van der Waals surface area contributed by atoms with Crippen LogP contribution in [-0.4, -0.2) is 32.7 Å². The molecule has 0 saturated heterocycles. The Balaban J connectivity index is 1.72. The number of rotatable bonds is 9. The smallest absolute Gasteiger partial charge is 0.251 e. The van der Waals surface area contributed by atoms with Crippen LogP contribution >= 0.6 is 0 Å². The van der Waals surface area contributed by atoms with Crippen molar-refractivity contribution in [3.8, 4) is 0 Å². The fourth-order valence-corrected chi connectivity index (χ4v) is 3.66. The lowest BCUT2D eigenvalue weighted by molar-refractivity contribution is 0.0956. The summed E-state index contributed by atoms with van der Waals surface area (Å²) in [6.45, 7) is 1.93. The zero-order chi connectivity index (χ0) is 18.1. The van der Waals surface area contributed by atoms with Gasteiger partial charge in [0.1, 0.15) is 0 Å². The molecule has 0 spiro atoms. The van der Waals surface area contributed by atoms with Gasteiger partial charge in [-0.1, -0.05) is 48.5 Å². The monoisotopic (exact) mass is 360 g/mol. The number of benzene rings is 2. The Kier molecular flexibility index (Phi) is 7.16. The molecule has 0 aliphatic carbocycles. The third kappa shape index (κ3) is 7.07. The van der Waals surface area contributed by atoms with Crippen LogP contribution in [0.1, 0.15) is 29.3 Å². The van der Waals surface area contributed by atoms with Crippen LogP contribution in [-0.2, 0) is 16.4 Å². The minimum absolute atomic E-state index is 0.0778. The molecule has 0 bridgehead atoms. The molecule has 134 valence electrons. The van der Waals surface area contributed by atoms with E-state index < -0.39 is 10.0 Å². The largest absolute Gasteiger partial charge is 0.351 e. The number of sulfonamides is 1. The first-order valence-electron chi connectivity index (χ1n) is 8.33. The summed E-state index contributed by atoms with van der Waals surface area (Å²) >= 11 is 0. The van der Waals surface area contributed by atoms with Crippen LogP contribution in [0.15, 0.2) is 60.7 Å². The molecule has 2 N–H and O–H groups in total. The van der Waals surface area contributed by atoms with Gasteiger partial charge in [0, 0.05) is 18.2 Å². The third-order valence-corrected chi connectivity index (χ3v) is 5.28. The third-order valence-electron chi connectivity index (χ3n) is 3.78. The van der Waals surface area contributed by atoms with Crippen LogP contribution in [0.25, 0.3) is 0 Å². The fourth-order valence-electron chi connectivity index (χ4n) is 2.44. The van der Waals surface area contributed by atoms with Gasteiger partial charge in [-0.15, -0.1) is 0 Å². The molecule has 0 aromatic heterocycles. The Morgan fingerprint density at radius 1 is 1.00 bits per heavy atom. The zero-order valence-corrected chi connectivity index (χ0v) is 15.1.